The van der Waals surface area contributed by atoms with Crippen LogP contribution in [0.1, 0.15) is 12.5 Å². The quantitative estimate of drug-likeness (QED) is 0.829. The van der Waals surface area contributed by atoms with E-state index in [2.05, 4.69) is 21.0 Å². The summed E-state index contributed by atoms with van der Waals surface area (Å²) in [6.07, 6.45) is 4.18. The Hall–Kier alpha value is -2.25. The van der Waals surface area contributed by atoms with E-state index >= 15 is 0 Å². The highest BCUT2D eigenvalue weighted by Crippen LogP contribution is 2.28. The average molecular weight is 341 g/mol. The number of nitrogens with zero attached hydrogens (tertiary/aromatic N) is 5. The second-order valence-electron chi connectivity index (χ2n) is 6.65. The number of rotatable bonds is 4. The molecule has 0 bridgehead atoms. The predicted molar refractivity (Wildman–Crippen MR) is 93.3 cm³/mol. The lowest BCUT2D eigenvalue weighted by molar-refractivity contribution is -0.126. The Bertz CT molecular complexity index is 733. The fourth-order valence-corrected chi connectivity index (χ4v) is 3.69. The second-order valence-corrected chi connectivity index (χ2v) is 6.65. The molecule has 1 aromatic heterocycles. The topological polar surface area (TPSA) is 63.5 Å². The van der Waals surface area contributed by atoms with Gasteiger partial charge in [-0.1, -0.05) is 18.2 Å². The van der Waals surface area contributed by atoms with Crippen LogP contribution in [-0.4, -0.2) is 64.0 Å². The number of anilines is 1. The fourth-order valence-electron chi connectivity index (χ4n) is 3.69. The highest BCUT2D eigenvalue weighted by Gasteiger charge is 2.33. The summed E-state index contributed by atoms with van der Waals surface area (Å²) in [6.45, 7) is 5.56. The number of carbonyl (C=O) groups excluding carboxylic acids is 1. The molecule has 1 aromatic carbocycles. The first kappa shape index (κ1) is 16.2. The molecule has 2 aliphatic heterocycles. The molecular weight excluding hydrogens is 318 g/mol. The maximum atomic E-state index is 13.0. The Balaban J connectivity index is 1.42. The van der Waals surface area contributed by atoms with Gasteiger partial charge in [0, 0.05) is 25.3 Å². The van der Waals surface area contributed by atoms with E-state index < -0.39 is 0 Å². The number of fused-ring (bicyclic) bond motifs is 1. The Morgan fingerprint density at radius 2 is 2.24 bits per heavy atom. The summed E-state index contributed by atoms with van der Waals surface area (Å²) in [5.41, 5.74) is 2.32. The molecule has 132 valence electrons. The van der Waals surface area contributed by atoms with Gasteiger partial charge in [0.25, 0.3) is 0 Å². The Labute approximate surface area is 147 Å². The van der Waals surface area contributed by atoms with Crippen LogP contribution in [0.2, 0.25) is 0 Å². The number of carbonyl (C=O) groups is 1. The highest BCUT2D eigenvalue weighted by atomic mass is 16.5. The van der Waals surface area contributed by atoms with E-state index in [4.69, 9.17) is 4.74 Å². The predicted octanol–water partition coefficient (Wildman–Crippen LogP) is 0.957. The van der Waals surface area contributed by atoms with Gasteiger partial charge in [-0.25, -0.2) is 4.98 Å². The Morgan fingerprint density at radius 1 is 1.36 bits per heavy atom. The standard InChI is InChI=1S/C18H23N5O2/c1-14(18(24)23-7-6-15-4-2-3-5-17(15)23)21-8-9-25-16(10-21)11-22-13-19-12-20-22/h2-5,12-14,16H,6-11H2,1H3/t14-,16-/m1/s1. The first-order chi connectivity index (χ1) is 12.2. The molecule has 7 nitrogen and oxygen atoms in total. The largest absolute Gasteiger partial charge is 0.374 e. The molecule has 0 aliphatic carbocycles. The molecule has 2 aromatic rings. The van der Waals surface area contributed by atoms with Crippen LogP contribution in [0, 0.1) is 0 Å². The van der Waals surface area contributed by atoms with Gasteiger partial charge in [0.2, 0.25) is 5.91 Å². The van der Waals surface area contributed by atoms with Crippen molar-refractivity contribution in [3.8, 4) is 0 Å². The molecule has 4 rings (SSSR count). The first-order valence-electron chi connectivity index (χ1n) is 8.80. The molecule has 2 atom stereocenters. The number of hydrogen-bond donors (Lipinski definition) is 0. The van der Waals surface area contributed by atoms with E-state index in [1.807, 2.05) is 30.0 Å². The number of ether oxygens (including phenoxy) is 1. The summed E-state index contributed by atoms with van der Waals surface area (Å²) in [7, 11) is 0. The van der Waals surface area contributed by atoms with E-state index in [9.17, 15) is 4.79 Å². The number of benzene rings is 1. The SMILES string of the molecule is C[C@H](C(=O)N1CCc2ccccc21)N1CCO[C@@H](Cn2cncn2)C1. The van der Waals surface area contributed by atoms with Gasteiger partial charge in [-0.3, -0.25) is 14.4 Å². The van der Waals surface area contributed by atoms with Crippen LogP contribution in [0.3, 0.4) is 0 Å². The number of morpholine rings is 1. The Morgan fingerprint density at radius 3 is 3.08 bits per heavy atom. The van der Waals surface area contributed by atoms with Crippen LogP contribution in [0.25, 0.3) is 0 Å². The molecule has 0 spiro atoms. The molecule has 3 heterocycles. The minimum Gasteiger partial charge on any atom is -0.374 e. The van der Waals surface area contributed by atoms with Gasteiger partial charge in [-0.15, -0.1) is 0 Å². The fraction of sp³-hybridized carbons (Fsp3) is 0.500. The van der Waals surface area contributed by atoms with Crippen molar-refractivity contribution in [1.29, 1.82) is 0 Å². The zero-order valence-corrected chi connectivity index (χ0v) is 14.4. The minimum atomic E-state index is -0.159. The van der Waals surface area contributed by atoms with Gasteiger partial charge in [0.15, 0.2) is 0 Å². The van der Waals surface area contributed by atoms with Crippen molar-refractivity contribution in [1.82, 2.24) is 19.7 Å². The third kappa shape index (κ3) is 3.29. The minimum absolute atomic E-state index is 0.0246. The van der Waals surface area contributed by atoms with E-state index in [0.29, 0.717) is 13.2 Å². The molecule has 0 N–H and O–H groups in total. The van der Waals surface area contributed by atoms with Gasteiger partial charge >= 0.3 is 0 Å². The van der Waals surface area contributed by atoms with Gasteiger partial charge in [-0.05, 0) is 25.0 Å². The molecule has 25 heavy (non-hydrogen) atoms. The lowest BCUT2D eigenvalue weighted by atomic mass is 10.1. The number of amides is 1. The summed E-state index contributed by atoms with van der Waals surface area (Å²) >= 11 is 0. The molecule has 0 radical (unpaired) electrons. The zero-order chi connectivity index (χ0) is 17.2. The number of aromatic nitrogens is 3. The first-order valence-corrected chi connectivity index (χ1v) is 8.80. The van der Waals surface area contributed by atoms with Gasteiger partial charge in [0.05, 0.1) is 25.3 Å². The molecule has 1 amide bonds. The van der Waals surface area contributed by atoms with Crippen LogP contribution in [0.15, 0.2) is 36.9 Å². The van der Waals surface area contributed by atoms with E-state index in [-0.39, 0.29) is 18.1 Å². The summed E-state index contributed by atoms with van der Waals surface area (Å²) in [6, 6.07) is 8.02. The normalized spacial score (nSPS) is 22.0. The molecule has 1 fully saturated rings. The van der Waals surface area contributed by atoms with Crippen LogP contribution in [0.5, 0.6) is 0 Å². The molecule has 7 heteroatoms. The van der Waals surface area contributed by atoms with Crippen molar-refractivity contribution in [3.05, 3.63) is 42.5 Å². The van der Waals surface area contributed by atoms with E-state index in [1.54, 1.807) is 11.0 Å². The van der Waals surface area contributed by atoms with Gasteiger partial charge < -0.3 is 9.64 Å². The summed E-state index contributed by atoms with van der Waals surface area (Å²) in [5, 5.41) is 4.14. The van der Waals surface area contributed by atoms with Crippen molar-refractivity contribution in [2.75, 3.05) is 31.1 Å². The zero-order valence-electron chi connectivity index (χ0n) is 14.4. The van der Waals surface area contributed by atoms with Crippen LogP contribution >= 0.6 is 0 Å². The second kappa shape index (κ2) is 6.93. The highest BCUT2D eigenvalue weighted by molar-refractivity contribution is 5.98. The maximum absolute atomic E-state index is 13.0. The van der Waals surface area contributed by atoms with E-state index in [1.165, 1.54) is 11.9 Å². The molecule has 1 saturated heterocycles. The third-order valence-corrected chi connectivity index (χ3v) is 5.09. The number of hydrogen-bond acceptors (Lipinski definition) is 5. The molecule has 0 unspecified atom stereocenters. The van der Waals surface area contributed by atoms with Crippen LogP contribution in [-0.2, 0) is 22.5 Å². The van der Waals surface area contributed by atoms with Gasteiger partial charge in [-0.2, -0.15) is 5.10 Å². The number of para-hydroxylation sites is 1. The average Bonchev–Trinajstić information content (AvgIpc) is 3.30. The van der Waals surface area contributed by atoms with Crippen molar-refractivity contribution < 1.29 is 9.53 Å². The monoisotopic (exact) mass is 341 g/mol. The lowest BCUT2D eigenvalue weighted by Crippen LogP contribution is -2.53. The third-order valence-electron chi connectivity index (χ3n) is 5.09. The lowest BCUT2D eigenvalue weighted by Gasteiger charge is -2.37. The maximum Gasteiger partial charge on any atom is 0.244 e. The van der Waals surface area contributed by atoms with Crippen molar-refractivity contribution in [3.63, 3.8) is 0 Å². The smallest absolute Gasteiger partial charge is 0.244 e. The van der Waals surface area contributed by atoms with Gasteiger partial charge in [0.1, 0.15) is 12.7 Å². The van der Waals surface area contributed by atoms with Crippen molar-refractivity contribution in [2.45, 2.75) is 32.0 Å². The van der Waals surface area contributed by atoms with E-state index in [0.717, 1.165) is 31.7 Å². The Kier molecular flexibility index (Phi) is 4.50. The van der Waals surface area contributed by atoms with Crippen molar-refractivity contribution >= 4 is 11.6 Å². The van der Waals surface area contributed by atoms with Crippen LogP contribution < -0.4 is 4.90 Å². The van der Waals surface area contributed by atoms with Crippen molar-refractivity contribution in [2.24, 2.45) is 0 Å². The van der Waals surface area contributed by atoms with Crippen LogP contribution in [0.4, 0.5) is 5.69 Å². The summed E-state index contributed by atoms with van der Waals surface area (Å²) in [4.78, 5) is 21.2. The molecule has 0 saturated carbocycles. The summed E-state index contributed by atoms with van der Waals surface area (Å²) in [5.74, 6) is 0.173. The molecule has 2 aliphatic rings. The summed E-state index contributed by atoms with van der Waals surface area (Å²) < 4.78 is 7.61. The molecular formula is C18H23N5O2.